The normalized spacial score (nSPS) is 14.3. The largest absolute Gasteiger partial charge is 0.485 e. The Hall–Kier alpha value is -3.01. The molecule has 0 saturated carbocycles. The molecule has 5 rings (SSSR count). The number of alkyl halides is 3. The maximum atomic E-state index is 13.4. The fraction of sp³-hybridized carbons (Fsp3) is 0.280. The molecule has 2 heterocycles. The minimum Gasteiger partial charge on any atom is -0.485 e. The van der Waals surface area contributed by atoms with E-state index in [1.807, 2.05) is 24.3 Å². The van der Waals surface area contributed by atoms with Gasteiger partial charge in [0.1, 0.15) is 5.75 Å². The van der Waals surface area contributed by atoms with E-state index in [1.54, 1.807) is 12.1 Å². The molecule has 0 atom stereocenters. The van der Waals surface area contributed by atoms with E-state index in [4.69, 9.17) is 9.26 Å². The van der Waals surface area contributed by atoms with Crippen LogP contribution in [0.1, 0.15) is 11.4 Å². The second-order valence-electron chi connectivity index (χ2n) is 8.35. The predicted molar refractivity (Wildman–Crippen MR) is 137 cm³/mol. The summed E-state index contributed by atoms with van der Waals surface area (Å²) in [5.41, 5.74) is 1.48. The van der Waals surface area contributed by atoms with Crippen LogP contribution in [0.3, 0.4) is 0 Å². The smallest absolute Gasteiger partial charge is 0.416 e. The number of anilines is 1. The van der Waals surface area contributed by atoms with Gasteiger partial charge in [0, 0.05) is 37.3 Å². The van der Waals surface area contributed by atoms with E-state index < -0.39 is 11.7 Å². The average Bonchev–Trinajstić information content (AvgIpc) is 3.36. The van der Waals surface area contributed by atoms with Crippen LogP contribution in [0.2, 0.25) is 0 Å². The van der Waals surface area contributed by atoms with E-state index >= 15 is 0 Å². The quantitative estimate of drug-likeness (QED) is 0.305. The molecule has 0 bridgehead atoms. The number of hydrogen-bond acceptors (Lipinski definition) is 6. The molecule has 11 heteroatoms. The summed E-state index contributed by atoms with van der Waals surface area (Å²) in [7, 11) is 2.09. The number of piperazine rings is 1. The number of hydrogen-bond donors (Lipinski definition) is 0. The van der Waals surface area contributed by atoms with Crippen LogP contribution in [0.5, 0.6) is 5.75 Å². The first-order valence-electron chi connectivity index (χ1n) is 10.9. The molecule has 0 amide bonds. The van der Waals surface area contributed by atoms with Gasteiger partial charge in [0.15, 0.2) is 6.61 Å². The Labute approximate surface area is 218 Å². The number of ether oxygens (including phenoxy) is 1. The van der Waals surface area contributed by atoms with Gasteiger partial charge in [-0.15, -0.1) is 24.8 Å². The number of fused-ring (bicyclic) bond motifs is 1. The maximum absolute atomic E-state index is 13.4. The summed E-state index contributed by atoms with van der Waals surface area (Å²) in [5.74, 6) is 0.902. The van der Waals surface area contributed by atoms with Gasteiger partial charge in [0.05, 0.1) is 5.56 Å². The average molecular weight is 541 g/mol. The van der Waals surface area contributed by atoms with E-state index in [2.05, 4.69) is 27.0 Å². The van der Waals surface area contributed by atoms with Crippen molar-refractivity contribution in [1.82, 2.24) is 15.0 Å². The topological polar surface area (TPSA) is 54.6 Å². The third-order valence-electron chi connectivity index (χ3n) is 6.07. The highest BCUT2D eigenvalue weighted by molar-refractivity contribution is 6.04. The number of rotatable bonds is 5. The lowest BCUT2D eigenvalue weighted by atomic mass is 9.95. The van der Waals surface area contributed by atoms with Crippen LogP contribution in [0.4, 0.5) is 18.9 Å². The zero-order valence-electron chi connectivity index (χ0n) is 19.4. The van der Waals surface area contributed by atoms with E-state index in [1.165, 1.54) is 18.5 Å². The van der Waals surface area contributed by atoms with Crippen LogP contribution >= 0.6 is 24.8 Å². The zero-order chi connectivity index (χ0) is 23.7. The molecular formula is C25H25Cl2F3N4O2. The molecule has 0 unspecified atom stereocenters. The number of aromatic nitrogens is 2. The fourth-order valence-corrected chi connectivity index (χ4v) is 4.26. The molecule has 1 aromatic heterocycles. The maximum Gasteiger partial charge on any atom is 0.416 e. The zero-order valence-corrected chi connectivity index (χ0v) is 21.0. The third kappa shape index (κ3) is 5.86. The van der Waals surface area contributed by atoms with Gasteiger partial charge >= 0.3 is 6.18 Å². The van der Waals surface area contributed by atoms with Crippen LogP contribution < -0.4 is 9.64 Å². The summed E-state index contributed by atoms with van der Waals surface area (Å²) in [4.78, 5) is 8.55. The standard InChI is InChI=1S/C25H23F3N4O2.2ClH/c1-31-8-10-32(11-9-31)23-7-3-6-20-21(17-4-2-5-18(12-17)25(26,27)28)13-19(14-22(20)23)33-15-24-29-16-34-30-24;;/h2-7,12-14,16H,8-11,15H2,1H3;2*1H. The van der Waals surface area contributed by atoms with Crippen molar-refractivity contribution in [2.45, 2.75) is 12.8 Å². The van der Waals surface area contributed by atoms with Gasteiger partial charge in [-0.3, -0.25) is 0 Å². The SMILES string of the molecule is CN1CCN(c2cccc3c(-c4cccc(C(F)(F)F)c4)cc(OCc4ncon4)cc23)CC1.Cl.Cl. The Balaban J connectivity index is 0.00000180. The predicted octanol–water partition coefficient (Wildman–Crippen LogP) is 6.08. The van der Waals surface area contributed by atoms with Gasteiger partial charge in [-0.25, -0.2) is 0 Å². The first-order chi connectivity index (χ1) is 16.4. The van der Waals surface area contributed by atoms with Gasteiger partial charge in [-0.1, -0.05) is 29.4 Å². The lowest BCUT2D eigenvalue weighted by Crippen LogP contribution is -2.44. The molecule has 1 fully saturated rings. The van der Waals surface area contributed by atoms with Crippen LogP contribution in [-0.2, 0) is 12.8 Å². The minimum atomic E-state index is -4.43. The molecule has 0 aliphatic carbocycles. The lowest BCUT2D eigenvalue weighted by molar-refractivity contribution is -0.137. The second kappa shape index (κ2) is 11.4. The first-order valence-corrected chi connectivity index (χ1v) is 10.9. The Morgan fingerprint density at radius 1 is 0.944 bits per heavy atom. The first kappa shape index (κ1) is 27.6. The van der Waals surface area contributed by atoms with Crippen molar-refractivity contribution < 1.29 is 22.4 Å². The molecule has 36 heavy (non-hydrogen) atoms. The highest BCUT2D eigenvalue weighted by Crippen LogP contribution is 2.40. The van der Waals surface area contributed by atoms with Crippen LogP contribution in [0.25, 0.3) is 21.9 Å². The third-order valence-corrected chi connectivity index (χ3v) is 6.07. The van der Waals surface area contributed by atoms with Crippen molar-refractivity contribution in [3.63, 3.8) is 0 Å². The fourth-order valence-electron chi connectivity index (χ4n) is 4.26. The molecule has 3 aromatic carbocycles. The number of benzene rings is 3. The van der Waals surface area contributed by atoms with Crippen molar-refractivity contribution in [3.8, 4) is 16.9 Å². The molecule has 1 aliphatic rings. The van der Waals surface area contributed by atoms with Crippen molar-refractivity contribution in [1.29, 1.82) is 0 Å². The second-order valence-corrected chi connectivity index (χ2v) is 8.35. The molecule has 0 N–H and O–H groups in total. The van der Waals surface area contributed by atoms with Crippen molar-refractivity contribution >= 4 is 41.3 Å². The van der Waals surface area contributed by atoms with Gasteiger partial charge in [-0.05, 0) is 53.9 Å². The van der Waals surface area contributed by atoms with Crippen LogP contribution in [0, 0.1) is 0 Å². The molecule has 0 radical (unpaired) electrons. The van der Waals surface area contributed by atoms with E-state index in [9.17, 15) is 13.2 Å². The molecule has 1 aliphatic heterocycles. The van der Waals surface area contributed by atoms with Gasteiger partial charge in [0.2, 0.25) is 12.2 Å². The van der Waals surface area contributed by atoms with E-state index in [-0.39, 0.29) is 31.4 Å². The number of halogens is 5. The van der Waals surface area contributed by atoms with Gasteiger partial charge in [-0.2, -0.15) is 18.2 Å². The summed E-state index contributed by atoms with van der Waals surface area (Å²) in [5, 5.41) is 5.55. The lowest BCUT2D eigenvalue weighted by Gasteiger charge is -2.35. The number of nitrogens with zero attached hydrogens (tertiary/aromatic N) is 4. The minimum absolute atomic E-state index is 0. The molecular weight excluding hydrogens is 516 g/mol. The Morgan fingerprint density at radius 2 is 1.69 bits per heavy atom. The number of likely N-dealkylation sites (N-methyl/N-ethyl adjacent to an activating group) is 1. The summed E-state index contributed by atoms with van der Waals surface area (Å²) in [6, 6.07) is 15.0. The van der Waals surface area contributed by atoms with Crippen LogP contribution in [-0.4, -0.2) is 48.3 Å². The summed E-state index contributed by atoms with van der Waals surface area (Å²) in [6.07, 6.45) is -3.21. The molecule has 192 valence electrons. The Kier molecular flexibility index (Phi) is 8.71. The van der Waals surface area contributed by atoms with Gasteiger partial charge < -0.3 is 19.1 Å². The highest BCUT2D eigenvalue weighted by Gasteiger charge is 2.30. The molecule has 0 spiro atoms. The van der Waals surface area contributed by atoms with Crippen LogP contribution in [0.15, 0.2) is 65.5 Å². The summed E-state index contributed by atoms with van der Waals surface area (Å²) in [6.45, 7) is 3.68. The highest BCUT2D eigenvalue weighted by atomic mass is 35.5. The van der Waals surface area contributed by atoms with Crippen molar-refractivity contribution in [2.24, 2.45) is 0 Å². The van der Waals surface area contributed by atoms with E-state index in [0.717, 1.165) is 48.7 Å². The molecule has 1 saturated heterocycles. The summed E-state index contributed by atoms with van der Waals surface area (Å²) < 4.78 is 51.0. The Morgan fingerprint density at radius 3 is 2.39 bits per heavy atom. The molecule has 4 aromatic rings. The van der Waals surface area contributed by atoms with Crippen molar-refractivity contribution in [3.05, 3.63) is 72.4 Å². The molecule has 6 nitrogen and oxygen atoms in total. The monoisotopic (exact) mass is 540 g/mol. The Bertz CT molecular complexity index is 1290. The van der Waals surface area contributed by atoms with Gasteiger partial charge in [0.25, 0.3) is 0 Å². The van der Waals surface area contributed by atoms with E-state index in [0.29, 0.717) is 22.7 Å². The summed E-state index contributed by atoms with van der Waals surface area (Å²) >= 11 is 0. The van der Waals surface area contributed by atoms with Crippen molar-refractivity contribution in [2.75, 3.05) is 38.1 Å².